The summed E-state index contributed by atoms with van der Waals surface area (Å²) >= 11 is 0. The fraction of sp³-hybridized carbons (Fsp3) is 0. The van der Waals surface area contributed by atoms with Gasteiger partial charge in [0, 0.05) is 21.9 Å². The first kappa shape index (κ1) is 18.0. The van der Waals surface area contributed by atoms with Gasteiger partial charge in [-0.05, 0) is 11.5 Å². The number of hydrogen-bond donors (Lipinski definition) is 0. The van der Waals surface area contributed by atoms with E-state index in [9.17, 15) is 0 Å². The van der Waals surface area contributed by atoms with Crippen molar-refractivity contribution in [2.75, 3.05) is 0 Å². The molecule has 0 N–H and O–H groups in total. The summed E-state index contributed by atoms with van der Waals surface area (Å²) < 4.78 is 2.15. The Morgan fingerprint density at radius 1 is 0.424 bits per heavy atom. The van der Waals surface area contributed by atoms with Gasteiger partial charge in [-0.2, -0.15) is 0 Å². The average molecular weight is 422 g/mol. The van der Waals surface area contributed by atoms with E-state index in [1.165, 1.54) is 10.8 Å². The third-order valence-corrected chi connectivity index (χ3v) is 6.19. The van der Waals surface area contributed by atoms with Crippen molar-refractivity contribution in [3.8, 4) is 22.5 Å². The van der Waals surface area contributed by atoms with Gasteiger partial charge in [0.25, 0.3) is 0 Å². The molecule has 7 aromatic rings. The Morgan fingerprint density at radius 2 is 0.970 bits per heavy atom. The van der Waals surface area contributed by atoms with Crippen molar-refractivity contribution in [2.24, 2.45) is 0 Å². The van der Waals surface area contributed by atoms with Crippen LogP contribution in [0.1, 0.15) is 0 Å². The molecule has 0 unspecified atom stereocenters. The number of hydrogen-bond acceptors (Lipinski definition) is 3. The Hall–Kier alpha value is -4.57. The molecule has 0 saturated heterocycles. The molecule has 0 fully saturated rings. The predicted molar refractivity (Wildman–Crippen MR) is 134 cm³/mol. The number of fused-ring (bicyclic) bond motifs is 8. The standard InChI is InChI=1S/C29H18N4/c1-3-11-19(12-4-1)25-26(20-13-5-2-6-14-20)31-29-27(30-25)32-28-23-17-8-7-15-21(23)22-16-9-10-18-24(22)33(28)29/h1-18H. The third-order valence-electron chi connectivity index (χ3n) is 6.19. The quantitative estimate of drug-likeness (QED) is 0.284. The number of imidazole rings is 1. The highest BCUT2D eigenvalue weighted by Gasteiger charge is 2.19. The second-order valence-corrected chi connectivity index (χ2v) is 8.13. The second-order valence-electron chi connectivity index (χ2n) is 8.13. The van der Waals surface area contributed by atoms with Crippen molar-refractivity contribution >= 4 is 38.6 Å². The Kier molecular flexibility index (Phi) is 3.81. The maximum Gasteiger partial charge on any atom is 0.199 e. The van der Waals surface area contributed by atoms with Crippen LogP contribution in [0.2, 0.25) is 0 Å². The van der Waals surface area contributed by atoms with Gasteiger partial charge in [-0.1, -0.05) is 103 Å². The molecule has 3 heterocycles. The molecule has 0 amide bonds. The number of pyridine rings is 1. The van der Waals surface area contributed by atoms with Crippen LogP contribution in [0.3, 0.4) is 0 Å². The van der Waals surface area contributed by atoms with E-state index in [1.807, 2.05) is 36.4 Å². The van der Waals surface area contributed by atoms with E-state index in [-0.39, 0.29) is 0 Å². The highest BCUT2D eigenvalue weighted by molar-refractivity contribution is 6.13. The Morgan fingerprint density at radius 3 is 1.67 bits per heavy atom. The van der Waals surface area contributed by atoms with Crippen molar-refractivity contribution < 1.29 is 0 Å². The summed E-state index contributed by atoms with van der Waals surface area (Å²) in [6.07, 6.45) is 0. The zero-order valence-electron chi connectivity index (χ0n) is 17.7. The second kappa shape index (κ2) is 6.97. The van der Waals surface area contributed by atoms with Crippen LogP contribution < -0.4 is 0 Å². The van der Waals surface area contributed by atoms with Crippen molar-refractivity contribution in [3.05, 3.63) is 109 Å². The fourth-order valence-corrected chi connectivity index (χ4v) is 4.71. The Labute approximate surface area is 189 Å². The Bertz CT molecular complexity index is 1800. The molecular formula is C29H18N4. The van der Waals surface area contributed by atoms with E-state index >= 15 is 0 Å². The minimum Gasteiger partial charge on any atom is -0.275 e. The van der Waals surface area contributed by atoms with Crippen LogP contribution in [-0.4, -0.2) is 19.4 Å². The topological polar surface area (TPSA) is 43.1 Å². The van der Waals surface area contributed by atoms with Crippen LogP contribution in [0.25, 0.3) is 61.1 Å². The minimum atomic E-state index is 0.648. The maximum absolute atomic E-state index is 5.20. The van der Waals surface area contributed by atoms with Crippen molar-refractivity contribution in [1.82, 2.24) is 19.4 Å². The van der Waals surface area contributed by atoms with E-state index in [1.54, 1.807) is 0 Å². The first-order chi connectivity index (χ1) is 16.4. The van der Waals surface area contributed by atoms with E-state index in [0.717, 1.165) is 44.7 Å². The van der Waals surface area contributed by atoms with Crippen LogP contribution in [0.4, 0.5) is 0 Å². The van der Waals surface area contributed by atoms with Gasteiger partial charge in [-0.3, -0.25) is 4.40 Å². The molecule has 0 aliphatic heterocycles. The summed E-state index contributed by atoms with van der Waals surface area (Å²) in [5.74, 6) is 0. The summed E-state index contributed by atoms with van der Waals surface area (Å²) in [6.45, 7) is 0. The lowest BCUT2D eigenvalue weighted by Gasteiger charge is -2.10. The summed E-state index contributed by atoms with van der Waals surface area (Å²) in [7, 11) is 0. The lowest BCUT2D eigenvalue weighted by atomic mass is 10.0. The highest BCUT2D eigenvalue weighted by Crippen LogP contribution is 2.34. The van der Waals surface area contributed by atoms with Crippen molar-refractivity contribution in [2.45, 2.75) is 0 Å². The summed E-state index contributed by atoms with van der Waals surface area (Å²) in [4.78, 5) is 15.3. The molecule has 7 rings (SSSR count). The molecule has 0 radical (unpaired) electrons. The molecule has 0 spiro atoms. The van der Waals surface area contributed by atoms with Crippen LogP contribution in [0.15, 0.2) is 109 Å². The first-order valence-corrected chi connectivity index (χ1v) is 11.0. The molecule has 0 bridgehead atoms. The number of aromatic nitrogens is 4. The van der Waals surface area contributed by atoms with E-state index in [4.69, 9.17) is 15.0 Å². The molecule has 0 aliphatic rings. The van der Waals surface area contributed by atoms with Gasteiger partial charge in [0.2, 0.25) is 0 Å². The maximum atomic E-state index is 5.20. The molecule has 3 aromatic heterocycles. The summed E-state index contributed by atoms with van der Waals surface area (Å²) in [5.41, 5.74) is 7.13. The van der Waals surface area contributed by atoms with Gasteiger partial charge < -0.3 is 0 Å². The molecule has 0 aliphatic carbocycles. The zero-order valence-corrected chi connectivity index (χ0v) is 17.7. The van der Waals surface area contributed by atoms with Crippen LogP contribution >= 0.6 is 0 Å². The summed E-state index contributed by atoms with van der Waals surface area (Å²) in [6, 6.07) is 37.3. The molecule has 33 heavy (non-hydrogen) atoms. The highest BCUT2D eigenvalue weighted by atomic mass is 15.1. The molecule has 4 heteroatoms. The van der Waals surface area contributed by atoms with Crippen LogP contribution in [-0.2, 0) is 0 Å². The monoisotopic (exact) mass is 422 g/mol. The minimum absolute atomic E-state index is 0.648. The smallest absolute Gasteiger partial charge is 0.199 e. The SMILES string of the molecule is c1ccc(-c2nc3nc4c5ccccc5c5ccccc5n4c3nc2-c2ccccc2)cc1. The Balaban J connectivity index is 1.69. The lowest BCUT2D eigenvalue weighted by molar-refractivity contribution is 1.22. The van der Waals surface area contributed by atoms with Gasteiger partial charge in [0.05, 0.1) is 16.9 Å². The van der Waals surface area contributed by atoms with Gasteiger partial charge in [-0.25, -0.2) is 15.0 Å². The molecular weight excluding hydrogens is 404 g/mol. The number of nitrogens with zero attached hydrogens (tertiary/aromatic N) is 4. The summed E-state index contributed by atoms with van der Waals surface area (Å²) in [5, 5.41) is 3.45. The number of rotatable bonds is 2. The predicted octanol–water partition coefficient (Wildman–Crippen LogP) is 6.92. The van der Waals surface area contributed by atoms with Crippen LogP contribution in [0.5, 0.6) is 0 Å². The van der Waals surface area contributed by atoms with Gasteiger partial charge in [-0.15, -0.1) is 0 Å². The number of benzene rings is 4. The van der Waals surface area contributed by atoms with Gasteiger partial charge in [0.15, 0.2) is 11.3 Å². The molecule has 4 aromatic carbocycles. The van der Waals surface area contributed by atoms with Crippen LogP contribution in [0, 0.1) is 0 Å². The van der Waals surface area contributed by atoms with E-state index in [2.05, 4.69) is 77.2 Å². The first-order valence-electron chi connectivity index (χ1n) is 11.0. The number of para-hydroxylation sites is 1. The zero-order chi connectivity index (χ0) is 21.8. The van der Waals surface area contributed by atoms with Crippen molar-refractivity contribution in [3.63, 3.8) is 0 Å². The van der Waals surface area contributed by atoms with Crippen molar-refractivity contribution in [1.29, 1.82) is 0 Å². The average Bonchev–Trinajstić information content (AvgIpc) is 3.28. The lowest BCUT2D eigenvalue weighted by Crippen LogP contribution is -1.97. The molecule has 154 valence electrons. The molecule has 0 atom stereocenters. The largest absolute Gasteiger partial charge is 0.275 e. The fourth-order valence-electron chi connectivity index (χ4n) is 4.71. The third kappa shape index (κ3) is 2.68. The van der Waals surface area contributed by atoms with E-state index < -0.39 is 0 Å². The molecule has 4 nitrogen and oxygen atoms in total. The van der Waals surface area contributed by atoms with E-state index in [0.29, 0.717) is 5.65 Å². The van der Waals surface area contributed by atoms with Gasteiger partial charge >= 0.3 is 0 Å². The van der Waals surface area contributed by atoms with Gasteiger partial charge in [0.1, 0.15) is 5.65 Å². The normalized spacial score (nSPS) is 11.6. The molecule has 0 saturated carbocycles.